The second-order valence-electron chi connectivity index (χ2n) is 7.71. The van der Waals surface area contributed by atoms with Gasteiger partial charge in [-0.2, -0.15) is 0 Å². The number of hydrogen-bond donors (Lipinski definition) is 1. The second kappa shape index (κ2) is 8.62. The molecule has 8 nitrogen and oxygen atoms in total. The number of carbonyl (C=O) groups excluding carboxylic acids is 1. The minimum absolute atomic E-state index is 0.0328. The second-order valence-corrected chi connectivity index (χ2v) is 7.71. The molecule has 0 atom stereocenters. The molecule has 1 saturated heterocycles. The van der Waals surface area contributed by atoms with E-state index in [0.29, 0.717) is 5.69 Å². The van der Waals surface area contributed by atoms with Crippen molar-refractivity contribution in [1.82, 2.24) is 14.5 Å². The fourth-order valence-corrected chi connectivity index (χ4v) is 3.99. The third kappa shape index (κ3) is 4.18. The van der Waals surface area contributed by atoms with E-state index in [9.17, 15) is 14.9 Å². The number of imidazole rings is 1. The van der Waals surface area contributed by atoms with Crippen LogP contribution in [0.1, 0.15) is 41.9 Å². The minimum Gasteiger partial charge on any atom is -0.330 e. The zero-order valence-corrected chi connectivity index (χ0v) is 17.0. The summed E-state index contributed by atoms with van der Waals surface area (Å²) in [5.41, 5.74) is 2.16. The summed E-state index contributed by atoms with van der Waals surface area (Å²) >= 11 is 0. The molecule has 1 aliphatic heterocycles. The lowest BCUT2D eigenvalue weighted by molar-refractivity contribution is -0.385. The molecule has 0 bridgehead atoms. The van der Waals surface area contributed by atoms with Crippen LogP contribution in [-0.4, -0.2) is 38.4 Å². The number of anilines is 1. The van der Waals surface area contributed by atoms with Crippen LogP contribution in [0.3, 0.4) is 0 Å². The van der Waals surface area contributed by atoms with E-state index in [0.717, 1.165) is 36.5 Å². The maximum absolute atomic E-state index is 12.6. The molecule has 1 N–H and O–H groups in total. The fourth-order valence-electron chi connectivity index (χ4n) is 3.99. The lowest BCUT2D eigenvalue weighted by atomic mass is 10.1. The van der Waals surface area contributed by atoms with Crippen molar-refractivity contribution < 1.29 is 9.72 Å². The van der Waals surface area contributed by atoms with Crippen molar-refractivity contribution in [2.75, 3.05) is 18.4 Å². The Morgan fingerprint density at radius 1 is 1.13 bits per heavy atom. The van der Waals surface area contributed by atoms with Crippen LogP contribution in [0.15, 0.2) is 42.5 Å². The van der Waals surface area contributed by atoms with Crippen molar-refractivity contribution in [3.63, 3.8) is 0 Å². The van der Waals surface area contributed by atoms with Crippen molar-refractivity contribution in [1.29, 1.82) is 0 Å². The summed E-state index contributed by atoms with van der Waals surface area (Å²) in [6.45, 7) is 3.00. The quantitative estimate of drug-likeness (QED) is 0.507. The van der Waals surface area contributed by atoms with Gasteiger partial charge in [0.25, 0.3) is 11.6 Å². The molecule has 1 fully saturated rings. The standard InChI is InChI=1S/C22H25N5O3/c1-25-20-11-10-16(23-22(28)17-8-4-5-9-19(17)27(29)30)14-18(20)24-21(25)15-26-12-6-2-3-7-13-26/h4-5,8-11,14H,2-3,6-7,12-13,15H2,1H3,(H,23,28). The third-order valence-corrected chi connectivity index (χ3v) is 5.64. The van der Waals surface area contributed by atoms with E-state index >= 15 is 0 Å². The van der Waals surface area contributed by atoms with E-state index in [4.69, 9.17) is 4.98 Å². The number of rotatable bonds is 5. The zero-order valence-electron chi connectivity index (χ0n) is 17.0. The molecule has 2 aromatic carbocycles. The van der Waals surface area contributed by atoms with E-state index in [1.807, 2.05) is 19.2 Å². The highest BCUT2D eigenvalue weighted by molar-refractivity contribution is 6.07. The van der Waals surface area contributed by atoms with Crippen LogP contribution < -0.4 is 5.32 Å². The molecule has 30 heavy (non-hydrogen) atoms. The molecule has 2 heterocycles. The van der Waals surface area contributed by atoms with Crippen LogP contribution in [0.5, 0.6) is 0 Å². The molecule has 8 heteroatoms. The number of likely N-dealkylation sites (tertiary alicyclic amines) is 1. The number of nitrogens with one attached hydrogen (secondary N) is 1. The summed E-state index contributed by atoms with van der Waals surface area (Å²) in [4.78, 5) is 30.5. The molecule has 156 valence electrons. The predicted molar refractivity (Wildman–Crippen MR) is 116 cm³/mol. The third-order valence-electron chi connectivity index (χ3n) is 5.64. The number of hydrogen-bond acceptors (Lipinski definition) is 5. The largest absolute Gasteiger partial charge is 0.330 e. The van der Waals surface area contributed by atoms with Crippen LogP contribution in [0.4, 0.5) is 11.4 Å². The van der Waals surface area contributed by atoms with Gasteiger partial charge in [0.15, 0.2) is 0 Å². The molecule has 3 aromatic rings. The van der Waals surface area contributed by atoms with Crippen LogP contribution in [0.2, 0.25) is 0 Å². The Morgan fingerprint density at radius 3 is 2.60 bits per heavy atom. The van der Waals surface area contributed by atoms with E-state index in [2.05, 4.69) is 14.8 Å². The van der Waals surface area contributed by atoms with Gasteiger partial charge in [0.2, 0.25) is 0 Å². The Hall–Kier alpha value is -3.26. The van der Waals surface area contributed by atoms with E-state index in [-0.39, 0.29) is 11.3 Å². The van der Waals surface area contributed by atoms with Gasteiger partial charge < -0.3 is 9.88 Å². The molecule has 0 unspecified atom stereocenters. The van der Waals surface area contributed by atoms with Gasteiger partial charge in [-0.3, -0.25) is 19.8 Å². The molecular weight excluding hydrogens is 382 g/mol. The topological polar surface area (TPSA) is 93.3 Å². The number of nitro groups is 1. The predicted octanol–water partition coefficient (Wildman–Crippen LogP) is 4.11. The summed E-state index contributed by atoms with van der Waals surface area (Å²) in [5, 5.41) is 13.9. The van der Waals surface area contributed by atoms with Crippen molar-refractivity contribution in [3.05, 3.63) is 64.0 Å². The number of nitrogens with zero attached hydrogens (tertiary/aromatic N) is 4. The van der Waals surface area contributed by atoms with Gasteiger partial charge in [-0.1, -0.05) is 25.0 Å². The summed E-state index contributed by atoms with van der Waals surface area (Å²) in [6, 6.07) is 11.5. The van der Waals surface area contributed by atoms with Gasteiger partial charge in [0, 0.05) is 18.8 Å². The number of para-hydroxylation sites is 1. The summed E-state index contributed by atoms with van der Waals surface area (Å²) < 4.78 is 2.09. The van der Waals surface area contributed by atoms with Crippen molar-refractivity contribution in [2.24, 2.45) is 7.05 Å². The Morgan fingerprint density at radius 2 is 1.87 bits per heavy atom. The van der Waals surface area contributed by atoms with Crippen molar-refractivity contribution in [3.8, 4) is 0 Å². The van der Waals surface area contributed by atoms with Crippen molar-refractivity contribution >= 4 is 28.3 Å². The van der Waals surface area contributed by atoms with Gasteiger partial charge in [0.05, 0.1) is 22.5 Å². The smallest absolute Gasteiger partial charge is 0.282 e. The average molecular weight is 407 g/mol. The fraction of sp³-hybridized carbons (Fsp3) is 0.364. The number of amides is 1. The molecule has 1 amide bonds. The number of benzene rings is 2. The number of aromatic nitrogens is 2. The SMILES string of the molecule is Cn1c(CN2CCCCCC2)nc2cc(NC(=O)c3ccccc3[N+](=O)[O-])ccc21. The van der Waals surface area contributed by atoms with Gasteiger partial charge in [-0.25, -0.2) is 4.98 Å². The lowest BCUT2D eigenvalue weighted by Crippen LogP contribution is -2.25. The number of carbonyl (C=O) groups is 1. The first-order valence-electron chi connectivity index (χ1n) is 10.3. The lowest BCUT2D eigenvalue weighted by Gasteiger charge is -2.19. The highest BCUT2D eigenvalue weighted by atomic mass is 16.6. The molecule has 0 spiro atoms. The van der Waals surface area contributed by atoms with Crippen LogP contribution in [0.25, 0.3) is 11.0 Å². The molecule has 1 aliphatic rings. The highest BCUT2D eigenvalue weighted by Gasteiger charge is 2.20. The first-order valence-corrected chi connectivity index (χ1v) is 10.3. The molecule has 1 aromatic heterocycles. The maximum atomic E-state index is 12.6. The van der Waals surface area contributed by atoms with Gasteiger partial charge in [-0.15, -0.1) is 0 Å². The molecule has 4 rings (SSSR count). The number of fused-ring (bicyclic) bond motifs is 1. The van der Waals surface area contributed by atoms with Gasteiger partial charge >= 0.3 is 0 Å². The zero-order chi connectivity index (χ0) is 21.1. The molecule has 0 aliphatic carbocycles. The normalized spacial score (nSPS) is 15.1. The molecule has 0 saturated carbocycles. The summed E-state index contributed by atoms with van der Waals surface area (Å²) in [5.74, 6) is 0.483. The molecule has 0 radical (unpaired) electrons. The Kier molecular flexibility index (Phi) is 5.76. The Balaban J connectivity index is 1.55. The summed E-state index contributed by atoms with van der Waals surface area (Å²) in [7, 11) is 2.01. The van der Waals surface area contributed by atoms with Gasteiger partial charge in [-0.05, 0) is 50.2 Å². The minimum atomic E-state index is -0.550. The first kappa shape index (κ1) is 20.0. The Labute approximate surface area is 174 Å². The number of aryl methyl sites for hydroxylation is 1. The van der Waals surface area contributed by atoms with Crippen molar-refractivity contribution in [2.45, 2.75) is 32.2 Å². The maximum Gasteiger partial charge on any atom is 0.282 e. The average Bonchev–Trinajstić information content (AvgIpc) is 2.90. The van der Waals surface area contributed by atoms with Crippen LogP contribution in [-0.2, 0) is 13.6 Å². The Bertz CT molecular complexity index is 1080. The summed E-state index contributed by atoms with van der Waals surface area (Å²) in [6.07, 6.45) is 5.04. The molecular formula is C22H25N5O3. The van der Waals surface area contributed by atoms with E-state index < -0.39 is 10.8 Å². The van der Waals surface area contributed by atoms with Crippen LogP contribution >= 0.6 is 0 Å². The highest BCUT2D eigenvalue weighted by Crippen LogP contribution is 2.23. The van der Waals surface area contributed by atoms with Crippen LogP contribution in [0, 0.1) is 10.1 Å². The van der Waals surface area contributed by atoms with E-state index in [1.165, 1.54) is 37.8 Å². The van der Waals surface area contributed by atoms with E-state index in [1.54, 1.807) is 18.2 Å². The first-order chi connectivity index (χ1) is 14.5. The van der Waals surface area contributed by atoms with Gasteiger partial charge in [0.1, 0.15) is 11.4 Å². The monoisotopic (exact) mass is 407 g/mol. The number of nitro benzene ring substituents is 1.